The van der Waals surface area contributed by atoms with Crippen molar-refractivity contribution in [2.75, 3.05) is 13.2 Å². The highest BCUT2D eigenvalue weighted by Crippen LogP contribution is 2.19. The molecule has 0 aromatic rings. The van der Waals surface area contributed by atoms with Gasteiger partial charge < -0.3 is 20.3 Å². The number of nitrogens with one attached hydrogen (secondary N) is 1. The largest absolute Gasteiger partial charge is 0.466 e. The van der Waals surface area contributed by atoms with Gasteiger partial charge in [0, 0.05) is 12.8 Å². The monoisotopic (exact) mass is 1080 g/mol. The van der Waals surface area contributed by atoms with Crippen LogP contribution in [0.5, 0.6) is 0 Å². The van der Waals surface area contributed by atoms with E-state index in [-0.39, 0.29) is 18.5 Å². The lowest BCUT2D eigenvalue weighted by Gasteiger charge is -2.22. The third kappa shape index (κ3) is 63.4. The maximum Gasteiger partial charge on any atom is 0.305 e. The molecular weight excluding hydrogens is 947 g/mol. The molecular formula is C71H137NO5. The van der Waals surface area contributed by atoms with Crippen LogP contribution in [0.4, 0.5) is 0 Å². The highest BCUT2D eigenvalue weighted by molar-refractivity contribution is 5.76. The Morgan fingerprint density at radius 1 is 0.364 bits per heavy atom. The first kappa shape index (κ1) is 75.3. The molecule has 0 aliphatic rings. The zero-order chi connectivity index (χ0) is 55.7. The van der Waals surface area contributed by atoms with Gasteiger partial charge in [0.1, 0.15) is 0 Å². The first-order valence-electron chi connectivity index (χ1n) is 35.1. The van der Waals surface area contributed by atoms with E-state index in [1.54, 1.807) is 0 Å². The lowest BCUT2D eigenvalue weighted by molar-refractivity contribution is -0.143. The van der Waals surface area contributed by atoms with Gasteiger partial charge in [-0.15, -0.1) is 0 Å². The van der Waals surface area contributed by atoms with E-state index in [1.807, 2.05) is 0 Å². The molecule has 0 aliphatic heterocycles. The number of hydrogen-bond acceptors (Lipinski definition) is 5. The highest BCUT2D eigenvalue weighted by atomic mass is 16.5. The van der Waals surface area contributed by atoms with Crippen molar-refractivity contribution in [2.24, 2.45) is 0 Å². The lowest BCUT2D eigenvalue weighted by Crippen LogP contribution is -2.45. The Labute approximate surface area is 481 Å². The summed E-state index contributed by atoms with van der Waals surface area (Å²) in [5.41, 5.74) is 0. The van der Waals surface area contributed by atoms with Gasteiger partial charge in [-0.25, -0.2) is 0 Å². The molecule has 0 saturated heterocycles. The predicted octanol–water partition coefficient (Wildman–Crippen LogP) is 22.5. The van der Waals surface area contributed by atoms with Crippen LogP contribution in [-0.2, 0) is 14.3 Å². The number of allylic oxidation sites excluding steroid dienone is 4. The fraction of sp³-hybridized carbons (Fsp3) is 0.915. The van der Waals surface area contributed by atoms with E-state index in [0.717, 1.165) is 44.9 Å². The zero-order valence-electron chi connectivity index (χ0n) is 52.2. The normalized spacial score (nSPS) is 12.6. The minimum atomic E-state index is -0.659. The van der Waals surface area contributed by atoms with Crippen LogP contribution in [0.25, 0.3) is 0 Å². The van der Waals surface area contributed by atoms with Crippen LogP contribution in [0, 0.1) is 0 Å². The summed E-state index contributed by atoms with van der Waals surface area (Å²) in [7, 11) is 0. The van der Waals surface area contributed by atoms with E-state index >= 15 is 0 Å². The standard InChI is InChI=1S/C71H137NO5/c1-3-5-7-9-11-13-14-15-42-45-49-53-57-61-65-71(76)77-66-62-58-54-50-46-43-40-38-36-34-32-30-28-26-24-22-20-18-16-17-19-21-23-25-27-29-31-33-35-37-39-41-44-48-52-56-60-64-70(75)72-68(67-73)69(74)63-59-55-51-47-12-10-8-6-4-2/h16,18,22,24,68-69,73-74H,3-15,17,19-21,23,25-67H2,1-2H3,(H,72,75)/b18-16-,24-22-. The first-order valence-corrected chi connectivity index (χ1v) is 35.1. The zero-order valence-corrected chi connectivity index (χ0v) is 52.2. The number of ether oxygens (including phenoxy) is 1. The van der Waals surface area contributed by atoms with Gasteiger partial charge >= 0.3 is 5.97 Å². The summed E-state index contributed by atoms with van der Waals surface area (Å²) in [4.78, 5) is 24.5. The van der Waals surface area contributed by atoms with Gasteiger partial charge in [-0.2, -0.15) is 0 Å². The molecule has 0 rings (SSSR count). The molecule has 2 atom stereocenters. The quantitative estimate of drug-likeness (QED) is 0.0320. The Morgan fingerprint density at radius 2 is 0.649 bits per heavy atom. The summed E-state index contributed by atoms with van der Waals surface area (Å²) in [6, 6.07) is -0.537. The number of aliphatic hydroxyl groups is 2. The molecule has 0 heterocycles. The summed E-state index contributed by atoms with van der Waals surface area (Å²) in [6.07, 6.45) is 84.0. The van der Waals surface area contributed by atoms with Gasteiger partial charge in [-0.3, -0.25) is 9.59 Å². The van der Waals surface area contributed by atoms with Gasteiger partial charge in [-0.05, 0) is 57.8 Å². The molecule has 2 unspecified atom stereocenters. The Hall–Kier alpha value is -1.66. The van der Waals surface area contributed by atoms with E-state index < -0.39 is 12.1 Å². The van der Waals surface area contributed by atoms with Crippen molar-refractivity contribution in [2.45, 2.75) is 405 Å². The van der Waals surface area contributed by atoms with E-state index in [0.29, 0.717) is 25.9 Å². The van der Waals surface area contributed by atoms with E-state index in [4.69, 9.17) is 4.74 Å². The highest BCUT2D eigenvalue weighted by Gasteiger charge is 2.20. The number of carbonyl (C=O) groups excluding carboxylic acids is 2. The van der Waals surface area contributed by atoms with E-state index in [1.165, 1.54) is 315 Å². The molecule has 77 heavy (non-hydrogen) atoms. The van der Waals surface area contributed by atoms with Crippen LogP contribution in [0.15, 0.2) is 24.3 Å². The molecule has 0 aromatic heterocycles. The SMILES string of the molecule is CCCCCCCCCCCCCCCCC(=O)OCCCCCCCCCCCCCCC/C=C\C/C=C\CCCCCCCCCCCCCCCCCCCC(=O)NC(CO)C(O)CCCCCCCCCCC. The molecule has 6 heteroatoms. The van der Waals surface area contributed by atoms with E-state index in [2.05, 4.69) is 43.5 Å². The maximum absolute atomic E-state index is 12.4. The molecule has 0 bridgehead atoms. The molecule has 6 nitrogen and oxygen atoms in total. The second-order valence-corrected chi connectivity index (χ2v) is 24.2. The number of hydrogen-bond donors (Lipinski definition) is 3. The van der Waals surface area contributed by atoms with Crippen molar-refractivity contribution in [3.63, 3.8) is 0 Å². The van der Waals surface area contributed by atoms with Gasteiger partial charge in [0.2, 0.25) is 5.91 Å². The van der Waals surface area contributed by atoms with Crippen LogP contribution in [-0.4, -0.2) is 47.4 Å². The van der Waals surface area contributed by atoms with Crippen molar-refractivity contribution in [3.05, 3.63) is 24.3 Å². The average molecular weight is 1080 g/mol. The minimum absolute atomic E-state index is 0.0215. The molecule has 456 valence electrons. The lowest BCUT2D eigenvalue weighted by atomic mass is 10.0. The van der Waals surface area contributed by atoms with Crippen molar-refractivity contribution < 1.29 is 24.5 Å². The number of esters is 1. The summed E-state index contributed by atoms with van der Waals surface area (Å²) < 4.78 is 5.49. The Morgan fingerprint density at radius 3 is 0.987 bits per heavy atom. The van der Waals surface area contributed by atoms with Gasteiger partial charge in [0.05, 0.1) is 25.4 Å². The predicted molar refractivity (Wildman–Crippen MR) is 338 cm³/mol. The number of aliphatic hydroxyl groups excluding tert-OH is 2. The van der Waals surface area contributed by atoms with Gasteiger partial charge in [0.25, 0.3) is 0 Å². The van der Waals surface area contributed by atoms with Crippen LogP contribution < -0.4 is 5.32 Å². The topological polar surface area (TPSA) is 95.9 Å². The third-order valence-corrected chi connectivity index (χ3v) is 16.5. The van der Waals surface area contributed by atoms with Gasteiger partial charge in [-0.1, -0.05) is 346 Å². The summed E-state index contributed by atoms with van der Waals surface area (Å²) in [5.74, 6) is -0.0115. The Bertz CT molecular complexity index is 1200. The fourth-order valence-corrected chi connectivity index (χ4v) is 11.1. The second-order valence-electron chi connectivity index (χ2n) is 24.2. The van der Waals surface area contributed by atoms with Crippen LogP contribution in [0.3, 0.4) is 0 Å². The molecule has 0 fully saturated rings. The van der Waals surface area contributed by atoms with Crippen molar-refractivity contribution in [1.29, 1.82) is 0 Å². The molecule has 0 spiro atoms. The maximum atomic E-state index is 12.4. The Balaban J connectivity index is 3.32. The van der Waals surface area contributed by atoms with Crippen LogP contribution in [0.1, 0.15) is 393 Å². The molecule has 0 saturated carbocycles. The molecule has 3 N–H and O–H groups in total. The second kappa shape index (κ2) is 66.8. The average Bonchev–Trinajstić information content (AvgIpc) is 3.43. The first-order chi connectivity index (χ1) is 38.0. The minimum Gasteiger partial charge on any atom is -0.466 e. The fourth-order valence-electron chi connectivity index (χ4n) is 11.1. The summed E-state index contributed by atoms with van der Waals surface area (Å²) in [6.45, 7) is 4.96. The molecule has 1 amide bonds. The number of unbranched alkanes of at least 4 members (excludes halogenated alkanes) is 51. The molecule has 0 radical (unpaired) electrons. The van der Waals surface area contributed by atoms with Crippen LogP contribution >= 0.6 is 0 Å². The van der Waals surface area contributed by atoms with Crippen molar-refractivity contribution >= 4 is 11.9 Å². The molecule has 0 aliphatic carbocycles. The van der Waals surface area contributed by atoms with Crippen LogP contribution in [0.2, 0.25) is 0 Å². The Kier molecular flexibility index (Phi) is 65.4. The number of amides is 1. The summed E-state index contributed by atoms with van der Waals surface area (Å²) >= 11 is 0. The van der Waals surface area contributed by atoms with E-state index in [9.17, 15) is 19.8 Å². The third-order valence-electron chi connectivity index (χ3n) is 16.5. The number of carbonyl (C=O) groups is 2. The number of rotatable bonds is 66. The summed E-state index contributed by atoms with van der Waals surface area (Å²) in [5, 5.41) is 23.1. The van der Waals surface area contributed by atoms with Gasteiger partial charge in [0.15, 0.2) is 0 Å². The molecule has 0 aromatic carbocycles. The van der Waals surface area contributed by atoms with Crippen molar-refractivity contribution in [3.8, 4) is 0 Å². The van der Waals surface area contributed by atoms with Crippen molar-refractivity contribution in [1.82, 2.24) is 5.32 Å². The smallest absolute Gasteiger partial charge is 0.305 e.